The highest BCUT2D eigenvalue weighted by Crippen LogP contribution is 2.20. The molecular weight excluding hydrogens is 454 g/mol. The van der Waals surface area contributed by atoms with Gasteiger partial charge in [-0.15, -0.1) is 0 Å². The van der Waals surface area contributed by atoms with E-state index in [1.165, 1.54) is 5.56 Å². The molecule has 0 aliphatic carbocycles. The Balaban J connectivity index is 1.63. The first-order valence-electron chi connectivity index (χ1n) is 11.7. The number of aromatic amines is 1. The molecule has 6 heteroatoms. The first-order valence-corrected chi connectivity index (χ1v) is 12.1. The number of rotatable bonds is 7. The molecule has 35 heavy (non-hydrogen) atoms. The fourth-order valence-electron chi connectivity index (χ4n) is 4.10. The van der Waals surface area contributed by atoms with Gasteiger partial charge in [-0.3, -0.25) is 4.79 Å². The number of nitrogens with one attached hydrogen (secondary N) is 2. The van der Waals surface area contributed by atoms with Gasteiger partial charge in [0.2, 0.25) is 0 Å². The van der Waals surface area contributed by atoms with Crippen molar-refractivity contribution in [1.82, 2.24) is 15.2 Å². The van der Waals surface area contributed by atoms with E-state index in [1.807, 2.05) is 59.5 Å². The van der Waals surface area contributed by atoms with Crippen LogP contribution in [-0.4, -0.2) is 22.1 Å². The second kappa shape index (κ2) is 10.7. The third-order valence-corrected chi connectivity index (χ3v) is 6.73. The Kier molecular flexibility index (Phi) is 7.51. The van der Waals surface area contributed by atoms with Crippen molar-refractivity contribution < 1.29 is 4.74 Å². The third kappa shape index (κ3) is 5.89. The predicted molar refractivity (Wildman–Crippen MR) is 147 cm³/mol. The Hall–Kier alpha value is -3.64. The number of pyridine rings is 1. The van der Waals surface area contributed by atoms with Crippen LogP contribution in [0.4, 0.5) is 0 Å². The summed E-state index contributed by atoms with van der Waals surface area (Å²) in [6, 6.07) is 24.2. The van der Waals surface area contributed by atoms with Gasteiger partial charge >= 0.3 is 0 Å². The number of hydrogen-bond acceptors (Lipinski definition) is 3. The standard InChI is InChI=1S/C29H31N3O2S/c1-19-14-24-16-25(28(33)31-27(24)15-20(19)2)18-32(17-22-10-12-26(34-4)13-11-22)29(35)30-21(3)23-8-6-5-7-9-23/h5-16,21H,17-18H2,1-4H3,(H,30,35)(H,31,33)/t21-/m1/s1. The number of nitrogens with zero attached hydrogens (tertiary/aromatic N) is 1. The van der Waals surface area contributed by atoms with Gasteiger partial charge in [-0.1, -0.05) is 42.5 Å². The summed E-state index contributed by atoms with van der Waals surface area (Å²) in [5, 5.41) is 5.06. The highest BCUT2D eigenvalue weighted by Gasteiger charge is 2.17. The van der Waals surface area contributed by atoms with Gasteiger partial charge in [-0.05, 0) is 91.0 Å². The molecule has 4 aromatic rings. The van der Waals surface area contributed by atoms with Crippen molar-refractivity contribution in [3.8, 4) is 5.75 Å². The lowest BCUT2D eigenvalue weighted by Gasteiger charge is -2.28. The maximum atomic E-state index is 13.0. The van der Waals surface area contributed by atoms with E-state index in [-0.39, 0.29) is 11.6 Å². The van der Waals surface area contributed by atoms with Crippen molar-refractivity contribution in [3.63, 3.8) is 0 Å². The maximum absolute atomic E-state index is 13.0. The molecule has 4 rings (SSSR count). The van der Waals surface area contributed by atoms with E-state index in [9.17, 15) is 4.79 Å². The molecule has 0 bridgehead atoms. The number of hydrogen-bond donors (Lipinski definition) is 2. The van der Waals surface area contributed by atoms with Crippen LogP contribution >= 0.6 is 12.2 Å². The summed E-state index contributed by atoms with van der Waals surface area (Å²) in [7, 11) is 1.65. The van der Waals surface area contributed by atoms with Crippen LogP contribution in [0.15, 0.2) is 77.6 Å². The minimum absolute atomic E-state index is 0.0302. The zero-order chi connectivity index (χ0) is 24.9. The second-order valence-corrected chi connectivity index (χ2v) is 9.32. The number of H-pyrrole nitrogens is 1. The molecule has 0 amide bonds. The summed E-state index contributed by atoms with van der Waals surface area (Å²) in [5.41, 5.74) is 5.99. The minimum Gasteiger partial charge on any atom is -0.497 e. The van der Waals surface area contributed by atoms with E-state index in [1.54, 1.807) is 7.11 Å². The lowest BCUT2D eigenvalue weighted by atomic mass is 10.0. The Morgan fingerprint density at radius 3 is 2.37 bits per heavy atom. The SMILES string of the molecule is COc1ccc(CN(Cc2cc3cc(C)c(C)cc3[nH]c2=O)C(=S)N[C@H](C)c2ccccc2)cc1. The van der Waals surface area contributed by atoms with Crippen molar-refractivity contribution >= 4 is 28.2 Å². The summed E-state index contributed by atoms with van der Waals surface area (Å²) in [6.07, 6.45) is 0. The van der Waals surface area contributed by atoms with E-state index in [0.717, 1.165) is 33.3 Å². The molecule has 1 aromatic heterocycles. The molecule has 180 valence electrons. The molecule has 0 aliphatic heterocycles. The number of aromatic nitrogens is 1. The lowest BCUT2D eigenvalue weighted by molar-refractivity contribution is 0.390. The van der Waals surface area contributed by atoms with Gasteiger partial charge in [0.15, 0.2) is 5.11 Å². The molecule has 0 unspecified atom stereocenters. The Bertz CT molecular complexity index is 1380. The van der Waals surface area contributed by atoms with Gasteiger partial charge in [0.1, 0.15) is 5.75 Å². The quantitative estimate of drug-likeness (QED) is 0.325. The number of benzene rings is 3. The van der Waals surface area contributed by atoms with E-state index in [4.69, 9.17) is 17.0 Å². The number of thiocarbonyl (C=S) groups is 1. The lowest BCUT2D eigenvalue weighted by Crippen LogP contribution is -2.41. The van der Waals surface area contributed by atoms with Gasteiger partial charge in [0.05, 0.1) is 19.7 Å². The second-order valence-electron chi connectivity index (χ2n) is 8.93. The van der Waals surface area contributed by atoms with Gasteiger partial charge < -0.3 is 19.9 Å². The van der Waals surface area contributed by atoms with E-state index in [0.29, 0.717) is 23.8 Å². The van der Waals surface area contributed by atoms with E-state index in [2.05, 4.69) is 49.3 Å². The third-order valence-electron chi connectivity index (χ3n) is 6.36. The molecule has 1 heterocycles. The van der Waals surface area contributed by atoms with Crippen LogP contribution in [-0.2, 0) is 13.1 Å². The molecule has 0 radical (unpaired) electrons. The first kappa shape index (κ1) is 24.5. The number of aryl methyl sites for hydroxylation is 2. The van der Waals surface area contributed by atoms with Crippen LogP contribution < -0.4 is 15.6 Å². The minimum atomic E-state index is -0.0978. The summed E-state index contributed by atoms with van der Waals surface area (Å²) < 4.78 is 5.30. The average Bonchev–Trinajstić information content (AvgIpc) is 2.86. The summed E-state index contributed by atoms with van der Waals surface area (Å²) in [6.45, 7) is 7.16. The molecule has 3 aromatic carbocycles. The Morgan fingerprint density at radius 2 is 1.69 bits per heavy atom. The molecule has 1 atom stereocenters. The van der Waals surface area contributed by atoms with Crippen LogP contribution in [0.2, 0.25) is 0 Å². The van der Waals surface area contributed by atoms with E-state index >= 15 is 0 Å². The monoisotopic (exact) mass is 485 g/mol. The van der Waals surface area contributed by atoms with Crippen molar-refractivity contribution in [1.29, 1.82) is 0 Å². The summed E-state index contributed by atoms with van der Waals surface area (Å²) >= 11 is 5.85. The largest absolute Gasteiger partial charge is 0.497 e. The highest BCUT2D eigenvalue weighted by molar-refractivity contribution is 7.80. The topological polar surface area (TPSA) is 57.4 Å². The number of ether oxygens (including phenoxy) is 1. The van der Waals surface area contributed by atoms with Crippen LogP contribution in [0, 0.1) is 13.8 Å². The summed E-state index contributed by atoms with van der Waals surface area (Å²) in [5.74, 6) is 0.801. The van der Waals surface area contributed by atoms with E-state index < -0.39 is 0 Å². The molecule has 0 aliphatic rings. The predicted octanol–water partition coefficient (Wildman–Crippen LogP) is 5.79. The molecule has 0 saturated heterocycles. The van der Waals surface area contributed by atoms with Gasteiger partial charge in [0.25, 0.3) is 5.56 Å². The van der Waals surface area contributed by atoms with Crippen molar-refractivity contribution in [2.75, 3.05) is 7.11 Å². The van der Waals surface area contributed by atoms with Crippen LogP contribution in [0.25, 0.3) is 10.9 Å². The zero-order valence-electron chi connectivity index (χ0n) is 20.6. The van der Waals surface area contributed by atoms with Gasteiger partial charge in [0, 0.05) is 17.6 Å². The van der Waals surface area contributed by atoms with Crippen molar-refractivity contribution in [2.45, 2.75) is 39.9 Å². The number of methoxy groups -OCH3 is 1. The molecule has 2 N–H and O–H groups in total. The average molecular weight is 486 g/mol. The smallest absolute Gasteiger partial charge is 0.253 e. The van der Waals surface area contributed by atoms with Crippen molar-refractivity contribution in [2.24, 2.45) is 0 Å². The van der Waals surface area contributed by atoms with Crippen LogP contribution in [0.1, 0.15) is 40.8 Å². The zero-order valence-corrected chi connectivity index (χ0v) is 21.4. The van der Waals surface area contributed by atoms with Crippen LogP contribution in [0.3, 0.4) is 0 Å². The molecule has 0 spiro atoms. The fourth-order valence-corrected chi connectivity index (χ4v) is 4.40. The fraction of sp³-hybridized carbons (Fsp3) is 0.241. The molecule has 0 fully saturated rings. The normalized spacial score (nSPS) is 11.8. The summed E-state index contributed by atoms with van der Waals surface area (Å²) in [4.78, 5) is 18.1. The molecule has 0 saturated carbocycles. The molecule has 5 nitrogen and oxygen atoms in total. The Morgan fingerprint density at radius 1 is 1.00 bits per heavy atom. The van der Waals surface area contributed by atoms with Gasteiger partial charge in [-0.25, -0.2) is 0 Å². The Labute approximate surface area is 211 Å². The maximum Gasteiger partial charge on any atom is 0.253 e. The number of fused-ring (bicyclic) bond motifs is 1. The van der Waals surface area contributed by atoms with Gasteiger partial charge in [-0.2, -0.15) is 0 Å². The van der Waals surface area contributed by atoms with Crippen molar-refractivity contribution in [3.05, 3.63) is 111 Å². The van der Waals surface area contributed by atoms with Crippen LogP contribution in [0.5, 0.6) is 5.75 Å². The molecular formula is C29H31N3O2S. The first-order chi connectivity index (χ1) is 16.8. The highest BCUT2D eigenvalue weighted by atomic mass is 32.1.